The molecule has 1 N–H and O–H groups in total. The van der Waals surface area contributed by atoms with E-state index in [4.69, 9.17) is 11.6 Å². The molecule has 1 atom stereocenters. The van der Waals surface area contributed by atoms with Crippen LogP contribution < -0.4 is 5.56 Å². The Balaban J connectivity index is 1.85. The highest BCUT2D eigenvalue weighted by atomic mass is 35.5. The highest BCUT2D eigenvalue weighted by Crippen LogP contribution is 2.28. The van der Waals surface area contributed by atoms with Crippen molar-refractivity contribution in [3.8, 4) is 0 Å². The van der Waals surface area contributed by atoms with E-state index in [-0.39, 0.29) is 29.8 Å². The van der Waals surface area contributed by atoms with Crippen molar-refractivity contribution >= 4 is 28.4 Å². The van der Waals surface area contributed by atoms with E-state index >= 15 is 0 Å². The van der Waals surface area contributed by atoms with Gasteiger partial charge in [-0.05, 0) is 35.7 Å². The highest BCUT2D eigenvalue weighted by Gasteiger charge is 2.27. The van der Waals surface area contributed by atoms with Gasteiger partial charge in [-0.25, -0.2) is 4.98 Å². The third-order valence-corrected chi connectivity index (χ3v) is 4.84. The summed E-state index contributed by atoms with van der Waals surface area (Å²) in [6.07, 6.45) is 0. The summed E-state index contributed by atoms with van der Waals surface area (Å²) in [6, 6.07) is 14.5. The zero-order valence-corrected chi connectivity index (χ0v) is 16.3. The van der Waals surface area contributed by atoms with Crippen LogP contribution in [0.1, 0.15) is 31.2 Å². The summed E-state index contributed by atoms with van der Waals surface area (Å²) >= 11 is 5.97. The molecule has 1 aromatic heterocycles. The van der Waals surface area contributed by atoms with E-state index < -0.39 is 0 Å². The summed E-state index contributed by atoms with van der Waals surface area (Å²) in [5, 5.41) is 1.18. The first-order chi connectivity index (χ1) is 12.9. The molecule has 27 heavy (non-hydrogen) atoms. The number of nitrogens with one attached hydrogen (secondary N) is 1. The topological polar surface area (TPSA) is 66.1 Å². The van der Waals surface area contributed by atoms with Gasteiger partial charge in [0.05, 0.1) is 23.4 Å². The molecule has 0 saturated heterocycles. The molecule has 0 aliphatic carbocycles. The Hall–Kier alpha value is -2.66. The van der Waals surface area contributed by atoms with Gasteiger partial charge in [0.15, 0.2) is 0 Å². The number of fused-ring (bicyclic) bond motifs is 1. The fraction of sp³-hybridized carbons (Fsp3) is 0.286. The summed E-state index contributed by atoms with van der Waals surface area (Å²) in [4.78, 5) is 34.2. The number of hydrogen-bond donors (Lipinski definition) is 1. The third-order valence-electron chi connectivity index (χ3n) is 4.59. The number of carbonyl (C=O) groups excluding carboxylic acids is 1. The number of amides is 1. The molecular formula is C21H22ClN3O2. The molecule has 1 heterocycles. The number of rotatable bonds is 5. The quantitative estimate of drug-likeness (QED) is 0.724. The first-order valence-electron chi connectivity index (χ1n) is 8.85. The van der Waals surface area contributed by atoms with Gasteiger partial charge in [-0.3, -0.25) is 9.59 Å². The molecule has 1 amide bonds. The van der Waals surface area contributed by atoms with Crippen molar-refractivity contribution < 1.29 is 4.79 Å². The Morgan fingerprint density at radius 2 is 1.81 bits per heavy atom. The van der Waals surface area contributed by atoms with Gasteiger partial charge in [-0.2, -0.15) is 0 Å². The second kappa shape index (κ2) is 7.92. The van der Waals surface area contributed by atoms with E-state index in [1.807, 2.05) is 32.0 Å². The standard InChI is InChI=1S/C21H22ClN3O2/c1-13(2)19(14-8-10-15(22)11-9-14)21(27)25(3)12-18-23-17-7-5-4-6-16(17)20(26)24-18/h4-11,13,19H,12H2,1-3H3,(H,23,24,26)/t19-/m1/s1. The average Bonchev–Trinajstić information content (AvgIpc) is 2.63. The molecule has 0 radical (unpaired) electrons. The Labute approximate surface area is 163 Å². The predicted octanol–water partition coefficient (Wildman–Crippen LogP) is 3.97. The number of para-hydroxylation sites is 1. The number of carbonyl (C=O) groups is 1. The molecule has 0 saturated carbocycles. The van der Waals surface area contributed by atoms with Crippen LogP contribution in [0.3, 0.4) is 0 Å². The summed E-state index contributed by atoms with van der Waals surface area (Å²) in [6.45, 7) is 4.26. The van der Waals surface area contributed by atoms with Gasteiger partial charge in [-0.1, -0.05) is 49.7 Å². The molecular weight excluding hydrogens is 362 g/mol. The van der Waals surface area contributed by atoms with E-state index in [1.165, 1.54) is 0 Å². The van der Waals surface area contributed by atoms with Gasteiger partial charge < -0.3 is 9.88 Å². The Bertz CT molecular complexity index is 1010. The molecule has 140 valence electrons. The minimum atomic E-state index is -0.292. The molecule has 3 aromatic rings. The van der Waals surface area contributed by atoms with Crippen molar-refractivity contribution in [2.45, 2.75) is 26.3 Å². The summed E-state index contributed by atoms with van der Waals surface area (Å²) in [7, 11) is 1.73. The normalized spacial score (nSPS) is 12.3. The Morgan fingerprint density at radius 1 is 1.15 bits per heavy atom. The molecule has 0 spiro atoms. The summed E-state index contributed by atoms with van der Waals surface area (Å²) < 4.78 is 0. The predicted molar refractivity (Wildman–Crippen MR) is 108 cm³/mol. The number of H-pyrrole nitrogens is 1. The number of hydrogen-bond acceptors (Lipinski definition) is 3. The first kappa shape index (κ1) is 19.1. The molecule has 0 aliphatic rings. The average molecular weight is 384 g/mol. The van der Waals surface area contributed by atoms with Gasteiger partial charge in [0.1, 0.15) is 5.82 Å². The van der Waals surface area contributed by atoms with E-state index in [9.17, 15) is 9.59 Å². The second-order valence-electron chi connectivity index (χ2n) is 7.00. The second-order valence-corrected chi connectivity index (χ2v) is 7.43. The SMILES string of the molecule is CC(C)[C@@H](C(=O)N(C)Cc1nc2ccccc2c(=O)[nH]1)c1ccc(Cl)cc1. The van der Waals surface area contributed by atoms with E-state index in [2.05, 4.69) is 9.97 Å². The Morgan fingerprint density at radius 3 is 2.48 bits per heavy atom. The third kappa shape index (κ3) is 4.19. The van der Waals surface area contributed by atoms with E-state index in [0.29, 0.717) is 21.7 Å². The lowest BCUT2D eigenvalue weighted by Crippen LogP contribution is -2.34. The number of likely N-dealkylation sites (N-methyl/N-ethyl adjacent to an activating group) is 1. The minimum Gasteiger partial charge on any atom is -0.338 e. The lowest BCUT2D eigenvalue weighted by molar-refractivity contribution is -0.133. The highest BCUT2D eigenvalue weighted by molar-refractivity contribution is 6.30. The maximum Gasteiger partial charge on any atom is 0.258 e. The maximum absolute atomic E-state index is 13.1. The van der Waals surface area contributed by atoms with E-state index in [1.54, 1.807) is 42.3 Å². The van der Waals surface area contributed by atoms with Crippen molar-refractivity contribution in [3.05, 3.63) is 75.3 Å². The minimum absolute atomic E-state index is 0.0249. The lowest BCUT2D eigenvalue weighted by atomic mass is 9.87. The van der Waals surface area contributed by atoms with Crippen LogP contribution in [0.2, 0.25) is 5.02 Å². The summed E-state index contributed by atoms with van der Waals surface area (Å²) in [5.74, 6) is 0.264. The smallest absolute Gasteiger partial charge is 0.258 e. The number of aromatic amines is 1. The lowest BCUT2D eigenvalue weighted by Gasteiger charge is -2.26. The van der Waals surface area contributed by atoms with Crippen LogP contribution in [0.5, 0.6) is 0 Å². The van der Waals surface area contributed by atoms with E-state index in [0.717, 1.165) is 5.56 Å². The number of benzene rings is 2. The molecule has 0 fully saturated rings. The van der Waals surface area contributed by atoms with Crippen LogP contribution in [0.15, 0.2) is 53.3 Å². The van der Waals surface area contributed by atoms with Crippen LogP contribution in [0.4, 0.5) is 0 Å². The maximum atomic E-state index is 13.1. The molecule has 0 bridgehead atoms. The number of aromatic nitrogens is 2. The fourth-order valence-corrected chi connectivity index (χ4v) is 3.36. The zero-order valence-electron chi connectivity index (χ0n) is 15.6. The van der Waals surface area contributed by atoms with Crippen molar-refractivity contribution in [1.82, 2.24) is 14.9 Å². The molecule has 6 heteroatoms. The van der Waals surface area contributed by atoms with Gasteiger partial charge in [0, 0.05) is 12.1 Å². The van der Waals surface area contributed by atoms with Crippen molar-refractivity contribution in [1.29, 1.82) is 0 Å². The van der Waals surface area contributed by atoms with Crippen molar-refractivity contribution in [2.75, 3.05) is 7.05 Å². The first-order valence-corrected chi connectivity index (χ1v) is 9.23. The molecule has 3 rings (SSSR count). The fourth-order valence-electron chi connectivity index (χ4n) is 3.23. The molecule has 5 nitrogen and oxygen atoms in total. The molecule has 0 aliphatic heterocycles. The monoisotopic (exact) mass is 383 g/mol. The zero-order chi connectivity index (χ0) is 19.6. The van der Waals surface area contributed by atoms with Crippen LogP contribution >= 0.6 is 11.6 Å². The summed E-state index contributed by atoms with van der Waals surface area (Å²) in [5.41, 5.74) is 1.34. The van der Waals surface area contributed by atoms with Gasteiger partial charge in [0.25, 0.3) is 5.56 Å². The van der Waals surface area contributed by atoms with Gasteiger partial charge in [0.2, 0.25) is 5.91 Å². The van der Waals surface area contributed by atoms with Crippen LogP contribution in [-0.2, 0) is 11.3 Å². The molecule has 2 aromatic carbocycles. The van der Waals surface area contributed by atoms with Crippen LogP contribution in [0, 0.1) is 5.92 Å². The van der Waals surface area contributed by atoms with Crippen LogP contribution in [0.25, 0.3) is 10.9 Å². The van der Waals surface area contributed by atoms with Crippen molar-refractivity contribution in [2.24, 2.45) is 5.92 Å². The van der Waals surface area contributed by atoms with Gasteiger partial charge >= 0.3 is 0 Å². The number of nitrogens with zero attached hydrogens (tertiary/aromatic N) is 2. The van der Waals surface area contributed by atoms with Crippen LogP contribution in [-0.4, -0.2) is 27.8 Å². The molecule has 0 unspecified atom stereocenters. The van der Waals surface area contributed by atoms with Crippen molar-refractivity contribution in [3.63, 3.8) is 0 Å². The largest absolute Gasteiger partial charge is 0.338 e. The Kier molecular flexibility index (Phi) is 5.61. The number of halogens is 1. The van der Waals surface area contributed by atoms with Gasteiger partial charge in [-0.15, -0.1) is 0 Å².